The van der Waals surface area contributed by atoms with Gasteiger partial charge in [-0.2, -0.15) is 5.10 Å². The van der Waals surface area contributed by atoms with Crippen LogP contribution in [0.25, 0.3) is 16.9 Å². The van der Waals surface area contributed by atoms with Crippen LogP contribution in [0.1, 0.15) is 24.1 Å². The fraction of sp³-hybridized carbons (Fsp3) is 0.160. The Labute approximate surface area is 175 Å². The number of rotatable bonds is 7. The van der Waals surface area contributed by atoms with Gasteiger partial charge in [0.15, 0.2) is 0 Å². The predicted molar refractivity (Wildman–Crippen MR) is 117 cm³/mol. The topological polar surface area (TPSA) is 39.1 Å². The third kappa shape index (κ3) is 4.26. The summed E-state index contributed by atoms with van der Waals surface area (Å²) in [7, 11) is 1.65. The average Bonchev–Trinajstić information content (AvgIpc) is 3.23. The zero-order valence-corrected chi connectivity index (χ0v) is 17.0. The van der Waals surface area contributed by atoms with E-state index in [4.69, 9.17) is 9.84 Å². The number of ether oxygens (including phenoxy) is 1. The van der Waals surface area contributed by atoms with Crippen LogP contribution in [0.15, 0.2) is 85.1 Å². The molecule has 0 saturated heterocycles. The Balaban J connectivity index is 1.64. The number of halogens is 1. The first-order valence-electron chi connectivity index (χ1n) is 9.92. The van der Waals surface area contributed by atoms with Gasteiger partial charge in [0.1, 0.15) is 11.6 Å². The summed E-state index contributed by atoms with van der Waals surface area (Å²) in [5.74, 6) is 0.599. The van der Waals surface area contributed by atoms with E-state index < -0.39 is 0 Å². The minimum absolute atomic E-state index is 0.130. The molecule has 0 aliphatic rings. The van der Waals surface area contributed by atoms with E-state index in [1.807, 2.05) is 84.5 Å². The Morgan fingerprint density at radius 1 is 0.967 bits per heavy atom. The molecular weight excluding hydrogens is 377 g/mol. The van der Waals surface area contributed by atoms with Gasteiger partial charge in [-0.1, -0.05) is 36.4 Å². The van der Waals surface area contributed by atoms with Gasteiger partial charge in [0.25, 0.3) is 0 Å². The maximum atomic E-state index is 14.1. The number of hydrogen-bond acceptors (Lipinski definition) is 3. The second kappa shape index (κ2) is 8.93. The molecule has 0 aliphatic heterocycles. The summed E-state index contributed by atoms with van der Waals surface area (Å²) < 4.78 is 21.3. The molecule has 1 aromatic heterocycles. The van der Waals surface area contributed by atoms with E-state index in [2.05, 4.69) is 5.32 Å². The molecule has 0 aliphatic carbocycles. The molecule has 3 aromatic carbocycles. The Bertz CT molecular complexity index is 1110. The highest BCUT2D eigenvalue weighted by atomic mass is 19.1. The van der Waals surface area contributed by atoms with Crippen molar-refractivity contribution in [1.82, 2.24) is 15.1 Å². The summed E-state index contributed by atoms with van der Waals surface area (Å²) in [4.78, 5) is 0. The Morgan fingerprint density at radius 2 is 1.67 bits per heavy atom. The van der Waals surface area contributed by atoms with Crippen molar-refractivity contribution in [2.75, 3.05) is 7.11 Å². The third-order valence-corrected chi connectivity index (χ3v) is 5.14. The highest BCUT2D eigenvalue weighted by Crippen LogP contribution is 2.26. The zero-order valence-electron chi connectivity index (χ0n) is 17.0. The molecule has 152 valence electrons. The number of para-hydroxylation sites is 1. The second-order valence-electron chi connectivity index (χ2n) is 7.14. The number of aromatic nitrogens is 2. The summed E-state index contributed by atoms with van der Waals surface area (Å²) in [6.45, 7) is 2.52. The summed E-state index contributed by atoms with van der Waals surface area (Å²) in [5.41, 5.74) is 4.56. The predicted octanol–water partition coefficient (Wildman–Crippen LogP) is 5.54. The minimum atomic E-state index is -0.201. The largest absolute Gasteiger partial charge is 0.497 e. The standard InChI is InChI=1S/C25H24FN3O/c1-18(23-10-6-7-11-24(23)26)27-16-20-17-29(21-8-4-3-5-9-21)28-25(20)19-12-14-22(30-2)15-13-19/h3-15,17-18,27H,16H2,1-2H3. The molecule has 0 radical (unpaired) electrons. The summed E-state index contributed by atoms with van der Waals surface area (Å²) >= 11 is 0. The van der Waals surface area contributed by atoms with E-state index >= 15 is 0 Å². The van der Waals surface area contributed by atoms with Gasteiger partial charge in [-0.15, -0.1) is 0 Å². The summed E-state index contributed by atoms with van der Waals surface area (Å²) in [6, 6.07) is 24.6. The second-order valence-corrected chi connectivity index (χ2v) is 7.14. The van der Waals surface area contributed by atoms with Gasteiger partial charge >= 0.3 is 0 Å². The number of benzene rings is 3. The molecule has 0 amide bonds. The van der Waals surface area contributed by atoms with Crippen LogP contribution in [0, 0.1) is 5.82 Å². The molecule has 4 nitrogen and oxygen atoms in total. The zero-order chi connectivity index (χ0) is 20.9. The van der Waals surface area contributed by atoms with Crippen molar-refractivity contribution >= 4 is 0 Å². The summed E-state index contributed by atoms with van der Waals surface area (Å²) in [6.07, 6.45) is 2.02. The quantitative estimate of drug-likeness (QED) is 0.442. The first-order valence-corrected chi connectivity index (χ1v) is 9.92. The van der Waals surface area contributed by atoms with E-state index in [0.717, 1.165) is 28.3 Å². The van der Waals surface area contributed by atoms with Gasteiger partial charge < -0.3 is 10.1 Å². The fourth-order valence-corrected chi connectivity index (χ4v) is 3.44. The van der Waals surface area contributed by atoms with Crippen LogP contribution >= 0.6 is 0 Å². The smallest absolute Gasteiger partial charge is 0.127 e. The van der Waals surface area contributed by atoms with Gasteiger partial charge in [-0.05, 0) is 49.4 Å². The average molecular weight is 401 g/mol. The molecule has 1 atom stereocenters. The molecule has 0 spiro atoms. The highest BCUT2D eigenvalue weighted by Gasteiger charge is 2.15. The molecule has 1 unspecified atom stereocenters. The maximum Gasteiger partial charge on any atom is 0.127 e. The molecule has 5 heteroatoms. The first-order chi connectivity index (χ1) is 14.7. The van der Waals surface area contributed by atoms with Gasteiger partial charge in [-0.25, -0.2) is 9.07 Å². The van der Waals surface area contributed by atoms with Crippen LogP contribution in [-0.2, 0) is 6.54 Å². The molecule has 4 rings (SSSR count). The van der Waals surface area contributed by atoms with E-state index in [0.29, 0.717) is 12.1 Å². The monoisotopic (exact) mass is 401 g/mol. The van der Waals surface area contributed by atoms with Crippen molar-refractivity contribution in [3.05, 3.63) is 102 Å². The van der Waals surface area contributed by atoms with Crippen molar-refractivity contribution in [1.29, 1.82) is 0 Å². The van der Waals surface area contributed by atoms with Crippen LogP contribution in [0.3, 0.4) is 0 Å². The lowest BCUT2D eigenvalue weighted by molar-refractivity contribution is 0.415. The normalized spacial score (nSPS) is 12.0. The maximum absolute atomic E-state index is 14.1. The Hall–Kier alpha value is -3.44. The lowest BCUT2D eigenvalue weighted by Crippen LogP contribution is -2.19. The molecule has 1 N–H and O–H groups in total. The van der Waals surface area contributed by atoms with Crippen molar-refractivity contribution in [3.63, 3.8) is 0 Å². The molecule has 0 fully saturated rings. The molecule has 0 saturated carbocycles. The van der Waals surface area contributed by atoms with E-state index in [-0.39, 0.29) is 11.9 Å². The van der Waals surface area contributed by atoms with Crippen molar-refractivity contribution in [2.24, 2.45) is 0 Å². The van der Waals surface area contributed by atoms with E-state index in [1.54, 1.807) is 13.2 Å². The fourth-order valence-electron chi connectivity index (χ4n) is 3.44. The number of nitrogens with zero attached hydrogens (tertiary/aromatic N) is 2. The number of hydrogen-bond donors (Lipinski definition) is 1. The summed E-state index contributed by atoms with van der Waals surface area (Å²) in [5, 5.41) is 8.27. The van der Waals surface area contributed by atoms with Crippen LogP contribution < -0.4 is 10.1 Å². The molecule has 30 heavy (non-hydrogen) atoms. The lowest BCUT2D eigenvalue weighted by atomic mass is 10.1. The number of methoxy groups -OCH3 is 1. The highest BCUT2D eigenvalue weighted by molar-refractivity contribution is 5.64. The molecule has 4 aromatic rings. The van der Waals surface area contributed by atoms with Crippen molar-refractivity contribution in [3.8, 4) is 22.7 Å². The lowest BCUT2D eigenvalue weighted by Gasteiger charge is -2.15. The van der Waals surface area contributed by atoms with Gasteiger partial charge in [0.05, 0.1) is 18.5 Å². The van der Waals surface area contributed by atoms with Crippen LogP contribution in [0.2, 0.25) is 0 Å². The van der Waals surface area contributed by atoms with Crippen molar-refractivity contribution in [2.45, 2.75) is 19.5 Å². The number of nitrogens with one attached hydrogen (secondary N) is 1. The van der Waals surface area contributed by atoms with Crippen LogP contribution in [-0.4, -0.2) is 16.9 Å². The Kier molecular flexibility index (Phi) is 5.91. The Morgan fingerprint density at radius 3 is 2.37 bits per heavy atom. The van der Waals surface area contributed by atoms with Gasteiger partial charge in [-0.3, -0.25) is 0 Å². The molecular formula is C25H24FN3O. The third-order valence-electron chi connectivity index (χ3n) is 5.14. The van der Waals surface area contributed by atoms with Gasteiger partial charge in [0, 0.05) is 35.5 Å². The van der Waals surface area contributed by atoms with E-state index in [1.165, 1.54) is 6.07 Å². The van der Waals surface area contributed by atoms with Gasteiger partial charge in [0.2, 0.25) is 0 Å². The minimum Gasteiger partial charge on any atom is -0.497 e. The van der Waals surface area contributed by atoms with E-state index in [9.17, 15) is 4.39 Å². The van der Waals surface area contributed by atoms with Crippen LogP contribution in [0.4, 0.5) is 4.39 Å². The molecule has 1 heterocycles. The SMILES string of the molecule is COc1ccc(-c2nn(-c3ccccc3)cc2CNC(C)c2ccccc2F)cc1. The van der Waals surface area contributed by atoms with Crippen LogP contribution in [0.5, 0.6) is 5.75 Å². The van der Waals surface area contributed by atoms with Crippen molar-refractivity contribution < 1.29 is 9.13 Å². The molecule has 0 bridgehead atoms. The first kappa shape index (κ1) is 19.9.